The molecule has 0 amide bonds. The van der Waals surface area contributed by atoms with E-state index in [1.807, 2.05) is 12.1 Å². The lowest BCUT2D eigenvalue weighted by atomic mass is 9.99. The highest BCUT2D eigenvalue weighted by atomic mass is 16.5. The first-order chi connectivity index (χ1) is 11.2. The lowest BCUT2D eigenvalue weighted by Gasteiger charge is -2.29. The minimum Gasteiger partial charge on any atom is -0.493 e. The van der Waals surface area contributed by atoms with Crippen LogP contribution in [0.5, 0.6) is 17.2 Å². The summed E-state index contributed by atoms with van der Waals surface area (Å²) < 4.78 is 16.3. The Morgan fingerprint density at radius 1 is 0.913 bits per heavy atom. The Kier molecular flexibility index (Phi) is 4.72. The Morgan fingerprint density at radius 3 is 2.17 bits per heavy atom. The highest BCUT2D eigenvalue weighted by Gasteiger charge is 2.18. The van der Waals surface area contributed by atoms with Crippen LogP contribution in [0.2, 0.25) is 0 Å². The summed E-state index contributed by atoms with van der Waals surface area (Å²) in [6, 6.07) is 12.7. The Morgan fingerprint density at radius 2 is 1.57 bits per heavy atom. The van der Waals surface area contributed by atoms with E-state index in [2.05, 4.69) is 29.2 Å². The van der Waals surface area contributed by atoms with Crippen LogP contribution < -0.4 is 14.2 Å². The molecule has 1 aliphatic heterocycles. The highest BCUT2D eigenvalue weighted by Crippen LogP contribution is 2.38. The average molecular weight is 313 g/mol. The van der Waals surface area contributed by atoms with Crippen molar-refractivity contribution in [3.05, 3.63) is 53.1 Å². The largest absolute Gasteiger partial charge is 0.493 e. The van der Waals surface area contributed by atoms with Crippen LogP contribution in [0, 0.1) is 0 Å². The summed E-state index contributed by atoms with van der Waals surface area (Å²) in [4.78, 5) is 2.45. The second-order valence-corrected chi connectivity index (χ2v) is 5.76. The number of rotatable bonds is 5. The van der Waals surface area contributed by atoms with Gasteiger partial charge in [0.05, 0.1) is 21.3 Å². The van der Waals surface area contributed by atoms with Crippen LogP contribution in [-0.4, -0.2) is 32.8 Å². The molecule has 4 heteroatoms. The van der Waals surface area contributed by atoms with Gasteiger partial charge in [-0.15, -0.1) is 0 Å². The maximum Gasteiger partial charge on any atom is 0.203 e. The minimum atomic E-state index is 0.641. The van der Waals surface area contributed by atoms with Gasteiger partial charge in [-0.1, -0.05) is 24.3 Å². The van der Waals surface area contributed by atoms with E-state index < -0.39 is 0 Å². The molecule has 0 saturated carbocycles. The fourth-order valence-electron chi connectivity index (χ4n) is 3.17. The SMILES string of the molecule is COc1cc(CN2CCc3ccccc3C2)cc(OC)c1OC. The molecule has 2 aromatic rings. The van der Waals surface area contributed by atoms with Crippen molar-refractivity contribution in [1.29, 1.82) is 0 Å². The van der Waals surface area contributed by atoms with Crippen molar-refractivity contribution in [1.82, 2.24) is 4.90 Å². The molecule has 0 bridgehead atoms. The average Bonchev–Trinajstić information content (AvgIpc) is 2.60. The molecule has 0 unspecified atom stereocenters. The van der Waals surface area contributed by atoms with Gasteiger partial charge in [0, 0.05) is 19.6 Å². The summed E-state index contributed by atoms with van der Waals surface area (Å²) in [5, 5.41) is 0. The third kappa shape index (κ3) is 3.27. The molecule has 0 atom stereocenters. The van der Waals surface area contributed by atoms with Gasteiger partial charge in [0.2, 0.25) is 5.75 Å². The molecule has 23 heavy (non-hydrogen) atoms. The molecule has 0 aromatic heterocycles. The summed E-state index contributed by atoms with van der Waals surface area (Å²) >= 11 is 0. The maximum absolute atomic E-state index is 5.44. The van der Waals surface area contributed by atoms with Crippen molar-refractivity contribution >= 4 is 0 Å². The summed E-state index contributed by atoms with van der Waals surface area (Å²) in [5.41, 5.74) is 4.05. The molecule has 0 aliphatic carbocycles. The number of benzene rings is 2. The van der Waals surface area contributed by atoms with Crippen molar-refractivity contribution in [2.24, 2.45) is 0 Å². The third-order valence-electron chi connectivity index (χ3n) is 4.34. The van der Waals surface area contributed by atoms with Gasteiger partial charge in [-0.25, -0.2) is 0 Å². The second kappa shape index (κ2) is 6.92. The van der Waals surface area contributed by atoms with Crippen molar-refractivity contribution in [3.8, 4) is 17.2 Å². The van der Waals surface area contributed by atoms with E-state index in [4.69, 9.17) is 14.2 Å². The minimum absolute atomic E-state index is 0.641. The van der Waals surface area contributed by atoms with E-state index in [-0.39, 0.29) is 0 Å². The zero-order valence-electron chi connectivity index (χ0n) is 14.0. The van der Waals surface area contributed by atoms with E-state index in [9.17, 15) is 0 Å². The fraction of sp³-hybridized carbons (Fsp3) is 0.368. The Hall–Kier alpha value is -2.20. The Labute approximate surface area is 137 Å². The number of ether oxygens (including phenoxy) is 3. The van der Waals surface area contributed by atoms with Gasteiger partial charge in [0.25, 0.3) is 0 Å². The van der Waals surface area contributed by atoms with Gasteiger partial charge < -0.3 is 14.2 Å². The standard InChI is InChI=1S/C19H23NO3/c1-21-17-10-14(11-18(22-2)19(17)23-3)12-20-9-8-15-6-4-5-7-16(15)13-20/h4-7,10-11H,8-9,12-13H2,1-3H3. The molecule has 3 rings (SSSR count). The fourth-order valence-corrected chi connectivity index (χ4v) is 3.17. The molecule has 4 nitrogen and oxygen atoms in total. The second-order valence-electron chi connectivity index (χ2n) is 5.76. The van der Waals surface area contributed by atoms with Gasteiger partial charge in [0.1, 0.15) is 0 Å². The van der Waals surface area contributed by atoms with Gasteiger partial charge in [-0.05, 0) is 35.2 Å². The quantitative estimate of drug-likeness (QED) is 0.848. The number of methoxy groups -OCH3 is 3. The maximum atomic E-state index is 5.44. The number of hydrogen-bond acceptors (Lipinski definition) is 4. The van der Waals surface area contributed by atoms with E-state index in [1.165, 1.54) is 16.7 Å². The van der Waals surface area contributed by atoms with Crippen molar-refractivity contribution in [2.75, 3.05) is 27.9 Å². The summed E-state index contributed by atoms with van der Waals surface area (Å²) in [6.07, 6.45) is 1.10. The predicted octanol–water partition coefficient (Wildman–Crippen LogP) is 3.27. The molecule has 122 valence electrons. The molecule has 0 N–H and O–H groups in total. The normalized spacial score (nSPS) is 14.2. The van der Waals surface area contributed by atoms with Crippen molar-refractivity contribution in [2.45, 2.75) is 19.5 Å². The first-order valence-corrected chi connectivity index (χ1v) is 7.83. The topological polar surface area (TPSA) is 30.9 Å². The van der Waals surface area contributed by atoms with Crippen LogP contribution in [0.4, 0.5) is 0 Å². The lowest BCUT2D eigenvalue weighted by Crippen LogP contribution is -2.30. The van der Waals surface area contributed by atoms with E-state index in [0.717, 1.165) is 26.1 Å². The monoisotopic (exact) mass is 313 g/mol. The molecule has 1 heterocycles. The molecular formula is C19H23NO3. The summed E-state index contributed by atoms with van der Waals surface area (Å²) in [6.45, 7) is 2.91. The first-order valence-electron chi connectivity index (χ1n) is 7.83. The molecule has 2 aromatic carbocycles. The van der Waals surface area contributed by atoms with Crippen LogP contribution in [0.3, 0.4) is 0 Å². The smallest absolute Gasteiger partial charge is 0.203 e. The Bertz CT molecular complexity index is 659. The van der Waals surface area contributed by atoms with Crippen molar-refractivity contribution < 1.29 is 14.2 Å². The van der Waals surface area contributed by atoms with Gasteiger partial charge in [-0.3, -0.25) is 4.90 Å². The summed E-state index contributed by atoms with van der Waals surface area (Å²) in [7, 11) is 4.93. The molecule has 1 aliphatic rings. The van der Waals surface area contributed by atoms with Gasteiger partial charge in [0.15, 0.2) is 11.5 Å². The van der Waals surface area contributed by atoms with Crippen molar-refractivity contribution in [3.63, 3.8) is 0 Å². The van der Waals surface area contributed by atoms with Gasteiger partial charge >= 0.3 is 0 Å². The van der Waals surface area contributed by atoms with E-state index in [1.54, 1.807) is 21.3 Å². The Balaban J connectivity index is 1.81. The number of fused-ring (bicyclic) bond motifs is 1. The van der Waals surface area contributed by atoms with Crippen LogP contribution in [-0.2, 0) is 19.5 Å². The van der Waals surface area contributed by atoms with Crippen LogP contribution in [0.1, 0.15) is 16.7 Å². The molecular weight excluding hydrogens is 290 g/mol. The number of nitrogens with zero attached hydrogens (tertiary/aromatic N) is 1. The van der Waals surface area contributed by atoms with E-state index in [0.29, 0.717) is 17.2 Å². The molecule has 0 saturated heterocycles. The molecule has 0 radical (unpaired) electrons. The summed E-state index contributed by atoms with van der Waals surface area (Å²) in [5.74, 6) is 2.06. The van der Waals surface area contributed by atoms with Crippen LogP contribution >= 0.6 is 0 Å². The zero-order valence-corrected chi connectivity index (χ0v) is 14.0. The van der Waals surface area contributed by atoms with Crippen LogP contribution in [0.25, 0.3) is 0 Å². The molecule has 0 fully saturated rings. The predicted molar refractivity (Wildman–Crippen MR) is 90.4 cm³/mol. The first kappa shape index (κ1) is 15.7. The van der Waals surface area contributed by atoms with Crippen LogP contribution in [0.15, 0.2) is 36.4 Å². The molecule has 0 spiro atoms. The number of hydrogen-bond donors (Lipinski definition) is 0. The van der Waals surface area contributed by atoms with Gasteiger partial charge in [-0.2, -0.15) is 0 Å². The lowest BCUT2D eigenvalue weighted by molar-refractivity contribution is 0.244. The third-order valence-corrected chi connectivity index (χ3v) is 4.34. The van der Waals surface area contributed by atoms with E-state index >= 15 is 0 Å². The highest BCUT2D eigenvalue weighted by molar-refractivity contribution is 5.53. The zero-order chi connectivity index (χ0) is 16.2.